The monoisotopic (exact) mass is 341 g/mol. The SMILES string of the molecule is CC(C)N1CCN(c2ccc(C=NNC(N)=S)c(F)c2F)CC1. The Labute approximate surface area is 140 Å². The molecule has 126 valence electrons. The van der Waals surface area contributed by atoms with E-state index < -0.39 is 11.6 Å². The highest BCUT2D eigenvalue weighted by molar-refractivity contribution is 7.80. The summed E-state index contributed by atoms with van der Waals surface area (Å²) >= 11 is 4.58. The van der Waals surface area contributed by atoms with Gasteiger partial charge in [-0.3, -0.25) is 10.3 Å². The molecule has 0 aliphatic carbocycles. The maximum atomic E-state index is 14.3. The quantitative estimate of drug-likeness (QED) is 0.496. The molecule has 8 heteroatoms. The second-order valence-electron chi connectivity index (χ2n) is 5.65. The summed E-state index contributed by atoms with van der Waals surface area (Å²) in [6.45, 7) is 7.27. The Morgan fingerprint density at radius 2 is 1.91 bits per heavy atom. The average Bonchev–Trinajstić information content (AvgIpc) is 2.51. The summed E-state index contributed by atoms with van der Waals surface area (Å²) in [4.78, 5) is 4.18. The molecule has 0 atom stereocenters. The number of nitrogens with one attached hydrogen (secondary N) is 1. The second kappa shape index (κ2) is 7.65. The molecule has 1 heterocycles. The van der Waals surface area contributed by atoms with E-state index in [2.05, 4.69) is 41.5 Å². The summed E-state index contributed by atoms with van der Waals surface area (Å²) in [5, 5.41) is 3.61. The zero-order valence-electron chi connectivity index (χ0n) is 13.2. The van der Waals surface area contributed by atoms with Gasteiger partial charge in [0.15, 0.2) is 16.7 Å². The fourth-order valence-corrected chi connectivity index (χ4v) is 2.60. The van der Waals surface area contributed by atoms with E-state index >= 15 is 0 Å². The third-order valence-corrected chi connectivity index (χ3v) is 3.95. The third-order valence-electron chi connectivity index (χ3n) is 3.86. The highest BCUT2D eigenvalue weighted by Gasteiger charge is 2.23. The molecule has 1 aliphatic heterocycles. The Morgan fingerprint density at radius 3 is 2.48 bits per heavy atom. The molecule has 0 saturated carbocycles. The first-order chi connectivity index (χ1) is 10.9. The molecule has 1 aromatic carbocycles. The molecule has 0 radical (unpaired) electrons. The van der Waals surface area contributed by atoms with E-state index in [0.29, 0.717) is 19.1 Å². The van der Waals surface area contributed by atoms with Crippen molar-refractivity contribution in [3.63, 3.8) is 0 Å². The van der Waals surface area contributed by atoms with Gasteiger partial charge in [0.1, 0.15) is 0 Å². The lowest BCUT2D eigenvalue weighted by molar-refractivity contribution is 0.209. The summed E-state index contributed by atoms with van der Waals surface area (Å²) < 4.78 is 28.5. The van der Waals surface area contributed by atoms with Crippen LogP contribution in [-0.2, 0) is 0 Å². The fraction of sp³-hybridized carbons (Fsp3) is 0.467. The minimum Gasteiger partial charge on any atom is -0.375 e. The zero-order valence-corrected chi connectivity index (χ0v) is 14.0. The number of thiocarbonyl (C=S) groups is 1. The van der Waals surface area contributed by atoms with Crippen LogP contribution in [0.2, 0.25) is 0 Å². The number of benzene rings is 1. The van der Waals surface area contributed by atoms with Gasteiger partial charge in [-0.05, 0) is 38.2 Å². The number of nitrogens with two attached hydrogens (primary N) is 1. The second-order valence-corrected chi connectivity index (χ2v) is 6.09. The first kappa shape index (κ1) is 17.6. The van der Waals surface area contributed by atoms with Crippen LogP contribution < -0.4 is 16.1 Å². The van der Waals surface area contributed by atoms with Gasteiger partial charge in [-0.1, -0.05) is 0 Å². The number of hydrogen-bond acceptors (Lipinski definition) is 4. The molecule has 5 nitrogen and oxygen atoms in total. The van der Waals surface area contributed by atoms with Crippen molar-refractivity contribution in [2.45, 2.75) is 19.9 Å². The van der Waals surface area contributed by atoms with Crippen molar-refractivity contribution in [3.05, 3.63) is 29.3 Å². The van der Waals surface area contributed by atoms with Gasteiger partial charge < -0.3 is 10.6 Å². The molecule has 0 unspecified atom stereocenters. The number of anilines is 1. The summed E-state index contributed by atoms with van der Waals surface area (Å²) in [6.07, 6.45) is 1.15. The van der Waals surface area contributed by atoms with Gasteiger partial charge in [0.2, 0.25) is 0 Å². The van der Waals surface area contributed by atoms with Crippen LogP contribution in [0.1, 0.15) is 19.4 Å². The molecule has 0 bridgehead atoms. The highest BCUT2D eigenvalue weighted by atomic mass is 32.1. The van der Waals surface area contributed by atoms with Crippen molar-refractivity contribution in [1.29, 1.82) is 0 Å². The molecule has 1 fully saturated rings. The Bertz CT molecular complexity index is 598. The normalized spacial score (nSPS) is 16.3. The van der Waals surface area contributed by atoms with Gasteiger partial charge in [0, 0.05) is 37.8 Å². The van der Waals surface area contributed by atoms with E-state index in [1.807, 2.05) is 4.90 Å². The van der Waals surface area contributed by atoms with Crippen molar-refractivity contribution >= 4 is 29.2 Å². The molecule has 3 N–H and O–H groups in total. The van der Waals surface area contributed by atoms with Crippen molar-refractivity contribution in [1.82, 2.24) is 10.3 Å². The van der Waals surface area contributed by atoms with Gasteiger partial charge in [0.25, 0.3) is 0 Å². The van der Waals surface area contributed by atoms with E-state index in [9.17, 15) is 8.78 Å². The van der Waals surface area contributed by atoms with Crippen LogP contribution in [0, 0.1) is 11.6 Å². The average molecular weight is 341 g/mol. The fourth-order valence-electron chi connectivity index (χ4n) is 2.54. The van der Waals surface area contributed by atoms with Gasteiger partial charge in [0.05, 0.1) is 11.9 Å². The lowest BCUT2D eigenvalue weighted by Gasteiger charge is -2.38. The molecular formula is C15H21F2N5S. The molecule has 1 aromatic rings. The Kier molecular flexibility index (Phi) is 5.84. The van der Waals surface area contributed by atoms with Crippen LogP contribution in [0.25, 0.3) is 0 Å². The van der Waals surface area contributed by atoms with E-state index in [-0.39, 0.29) is 16.4 Å². The maximum Gasteiger partial charge on any atom is 0.184 e. The molecule has 2 rings (SSSR count). The van der Waals surface area contributed by atoms with Gasteiger partial charge in [-0.2, -0.15) is 5.10 Å². The summed E-state index contributed by atoms with van der Waals surface area (Å²) in [5.41, 5.74) is 7.83. The molecule has 23 heavy (non-hydrogen) atoms. The minimum absolute atomic E-state index is 0.0378. The first-order valence-corrected chi connectivity index (χ1v) is 7.86. The van der Waals surface area contributed by atoms with Crippen LogP contribution in [0.15, 0.2) is 17.2 Å². The van der Waals surface area contributed by atoms with Crippen LogP contribution in [0.5, 0.6) is 0 Å². The minimum atomic E-state index is -0.928. The Morgan fingerprint density at radius 1 is 1.26 bits per heavy atom. The topological polar surface area (TPSA) is 56.9 Å². The number of hydrazone groups is 1. The molecule has 0 amide bonds. The smallest absolute Gasteiger partial charge is 0.184 e. The number of halogens is 2. The van der Waals surface area contributed by atoms with E-state index in [1.165, 1.54) is 6.07 Å². The summed E-state index contributed by atoms with van der Waals surface area (Å²) in [5.74, 6) is -1.79. The highest BCUT2D eigenvalue weighted by Crippen LogP contribution is 2.25. The van der Waals surface area contributed by atoms with E-state index in [1.54, 1.807) is 6.07 Å². The first-order valence-electron chi connectivity index (χ1n) is 7.45. The predicted octanol–water partition coefficient (Wildman–Crippen LogP) is 1.66. The van der Waals surface area contributed by atoms with Crippen molar-refractivity contribution < 1.29 is 8.78 Å². The molecule has 1 saturated heterocycles. The third kappa shape index (κ3) is 4.35. The standard InChI is InChI=1S/C15H21F2N5S/c1-10(2)21-5-7-22(8-6-21)12-4-3-11(13(16)14(12)17)9-19-20-15(18)23/h3-4,9-10H,5-8H2,1-2H3,(H3,18,20,23). The summed E-state index contributed by atoms with van der Waals surface area (Å²) in [6, 6.07) is 3.53. The largest absolute Gasteiger partial charge is 0.375 e. The molecule has 0 aromatic heterocycles. The Hall–Kier alpha value is -1.80. The van der Waals surface area contributed by atoms with Crippen molar-refractivity contribution in [3.8, 4) is 0 Å². The Balaban J connectivity index is 2.11. The van der Waals surface area contributed by atoms with Crippen LogP contribution in [-0.4, -0.2) is 48.4 Å². The van der Waals surface area contributed by atoms with Gasteiger partial charge in [-0.15, -0.1) is 0 Å². The lowest BCUT2D eigenvalue weighted by Crippen LogP contribution is -2.49. The zero-order chi connectivity index (χ0) is 17.0. The van der Waals surface area contributed by atoms with E-state index in [0.717, 1.165) is 19.3 Å². The molecular weight excluding hydrogens is 320 g/mol. The molecule has 0 spiro atoms. The van der Waals surface area contributed by atoms with Crippen LogP contribution in [0.4, 0.5) is 14.5 Å². The number of piperazine rings is 1. The van der Waals surface area contributed by atoms with Crippen LogP contribution in [0.3, 0.4) is 0 Å². The van der Waals surface area contributed by atoms with E-state index in [4.69, 9.17) is 5.73 Å². The predicted molar refractivity (Wildman–Crippen MR) is 92.8 cm³/mol. The van der Waals surface area contributed by atoms with Crippen molar-refractivity contribution in [2.75, 3.05) is 31.1 Å². The number of hydrogen-bond donors (Lipinski definition) is 2. The number of nitrogens with zero attached hydrogens (tertiary/aromatic N) is 3. The van der Waals surface area contributed by atoms with Crippen molar-refractivity contribution in [2.24, 2.45) is 10.8 Å². The molecule has 1 aliphatic rings. The van der Waals surface area contributed by atoms with Gasteiger partial charge in [-0.25, -0.2) is 8.78 Å². The van der Waals surface area contributed by atoms with Crippen LogP contribution >= 0.6 is 12.2 Å². The van der Waals surface area contributed by atoms with Gasteiger partial charge >= 0.3 is 0 Å². The maximum absolute atomic E-state index is 14.3. The lowest BCUT2D eigenvalue weighted by atomic mass is 10.1. The number of rotatable bonds is 4. The summed E-state index contributed by atoms with van der Waals surface area (Å²) in [7, 11) is 0.